The van der Waals surface area contributed by atoms with Crippen LogP contribution in [0.5, 0.6) is 0 Å². The molecular weight excluding hydrogens is 530 g/mol. The number of carbonyl (C=O) groups excluding carboxylic acids is 3. The topological polar surface area (TPSA) is 122 Å². The van der Waals surface area contributed by atoms with Crippen LogP contribution in [0.2, 0.25) is 0 Å². The Kier molecular flexibility index (Phi) is 7.69. The number of hydrogen-bond donors (Lipinski definition) is 4. The predicted molar refractivity (Wildman–Crippen MR) is 160 cm³/mol. The first kappa shape index (κ1) is 27.6. The van der Waals surface area contributed by atoms with Gasteiger partial charge >= 0.3 is 12.1 Å². The Labute approximate surface area is 245 Å². The lowest BCUT2D eigenvalue weighted by Crippen LogP contribution is -2.60. The van der Waals surface area contributed by atoms with Crippen LogP contribution >= 0.6 is 0 Å². The Morgan fingerprint density at radius 1 is 1.07 bits per heavy atom. The van der Waals surface area contributed by atoms with E-state index in [0.717, 1.165) is 27.6 Å². The normalized spacial score (nSPS) is 22.8. The Morgan fingerprint density at radius 2 is 1.86 bits per heavy atom. The van der Waals surface area contributed by atoms with Crippen molar-refractivity contribution in [2.75, 3.05) is 19.6 Å². The van der Waals surface area contributed by atoms with Crippen LogP contribution in [-0.2, 0) is 17.8 Å². The molecule has 6 rings (SSSR count). The van der Waals surface area contributed by atoms with E-state index in [2.05, 4.69) is 32.2 Å². The van der Waals surface area contributed by atoms with Gasteiger partial charge in [0, 0.05) is 43.5 Å². The second-order valence-corrected chi connectivity index (χ2v) is 11.5. The van der Waals surface area contributed by atoms with E-state index in [1.807, 2.05) is 78.7 Å². The van der Waals surface area contributed by atoms with Crippen LogP contribution in [0.25, 0.3) is 10.9 Å². The summed E-state index contributed by atoms with van der Waals surface area (Å²) in [4.78, 5) is 43.8. The standard InChI is InChI=1S/C32H37N7O3/c1-22(23-9-5-4-6-10-23)39-21-26-24(11-12-27-25(26)20-34-37-27)19-28(29(39)40)35-31(42)38-17-14-32(15-18-38)13-7-2-3-8-16-33-30(41)36-32/h2-12,20,22,28H,13-19,21H2,1H3,(H,34,37)(H,35,42)(H2,33,36,41)/b7-2-,8-3-/t22-,28+/m0/s1. The van der Waals surface area contributed by atoms with Crippen molar-refractivity contribution < 1.29 is 14.4 Å². The van der Waals surface area contributed by atoms with Gasteiger partial charge in [-0.2, -0.15) is 5.10 Å². The number of nitrogens with zero attached hydrogens (tertiary/aromatic N) is 3. The fraction of sp³-hybridized carbons (Fsp3) is 0.375. The van der Waals surface area contributed by atoms with E-state index < -0.39 is 11.6 Å². The van der Waals surface area contributed by atoms with Gasteiger partial charge in [0.1, 0.15) is 6.04 Å². The Morgan fingerprint density at radius 3 is 2.67 bits per heavy atom. The molecule has 3 aliphatic rings. The average Bonchev–Trinajstić information content (AvgIpc) is 3.44. The maximum atomic E-state index is 14.1. The van der Waals surface area contributed by atoms with Crippen LogP contribution in [0.4, 0.5) is 9.59 Å². The molecule has 1 saturated heterocycles. The third-order valence-electron chi connectivity index (χ3n) is 8.87. The number of aromatic amines is 1. The van der Waals surface area contributed by atoms with Gasteiger partial charge in [-0.25, -0.2) is 9.59 Å². The number of benzene rings is 2. The van der Waals surface area contributed by atoms with Crippen molar-refractivity contribution >= 4 is 28.9 Å². The van der Waals surface area contributed by atoms with Crippen molar-refractivity contribution in [2.45, 2.75) is 56.8 Å². The summed E-state index contributed by atoms with van der Waals surface area (Å²) in [6, 6.07) is 12.6. The summed E-state index contributed by atoms with van der Waals surface area (Å²) in [6.45, 7) is 3.88. The molecule has 4 heterocycles. The number of H-pyrrole nitrogens is 1. The van der Waals surface area contributed by atoms with E-state index in [-0.39, 0.29) is 24.0 Å². The van der Waals surface area contributed by atoms with E-state index in [4.69, 9.17) is 0 Å². The quantitative estimate of drug-likeness (QED) is 0.383. The molecule has 2 atom stereocenters. The molecule has 1 aromatic heterocycles. The summed E-state index contributed by atoms with van der Waals surface area (Å²) >= 11 is 0. The highest BCUT2D eigenvalue weighted by Gasteiger charge is 2.39. The number of piperidine rings is 1. The minimum Gasteiger partial charge on any atom is -0.335 e. The smallest absolute Gasteiger partial charge is 0.318 e. The Bertz CT molecular complexity index is 1520. The molecular formula is C32H37N7O3. The molecule has 3 aliphatic heterocycles. The number of carbonyl (C=O) groups is 3. The highest BCUT2D eigenvalue weighted by molar-refractivity contribution is 5.90. The largest absolute Gasteiger partial charge is 0.335 e. The SMILES string of the molecule is C[C@@H](c1ccccc1)N1Cc2c(ccc3[nH]ncc23)C[C@@H](NC(=O)N2CCC3(C/C=C\C=C/CNC(=O)N3)CC2)C1=O. The zero-order valence-corrected chi connectivity index (χ0v) is 23.8. The number of likely N-dealkylation sites (tertiary alicyclic amines) is 1. The zero-order chi connectivity index (χ0) is 29.1. The van der Waals surface area contributed by atoms with Crippen molar-refractivity contribution in [3.05, 3.63) is 89.7 Å². The molecule has 42 heavy (non-hydrogen) atoms. The molecule has 0 unspecified atom stereocenters. The molecule has 10 heteroatoms. The van der Waals surface area contributed by atoms with Gasteiger partial charge in [0.15, 0.2) is 0 Å². The minimum atomic E-state index is -0.711. The molecule has 1 spiro atoms. The number of aromatic nitrogens is 2. The van der Waals surface area contributed by atoms with Gasteiger partial charge in [-0.3, -0.25) is 9.89 Å². The lowest BCUT2D eigenvalue weighted by Gasteiger charge is -2.42. The maximum Gasteiger partial charge on any atom is 0.318 e. The summed E-state index contributed by atoms with van der Waals surface area (Å²) in [6.07, 6.45) is 12.0. The molecule has 2 aromatic carbocycles. The monoisotopic (exact) mass is 567 g/mol. The number of nitrogens with one attached hydrogen (secondary N) is 4. The van der Waals surface area contributed by atoms with Crippen LogP contribution in [0.3, 0.4) is 0 Å². The zero-order valence-electron chi connectivity index (χ0n) is 23.8. The van der Waals surface area contributed by atoms with Gasteiger partial charge in [-0.15, -0.1) is 0 Å². The van der Waals surface area contributed by atoms with Crippen molar-refractivity contribution in [2.24, 2.45) is 0 Å². The van der Waals surface area contributed by atoms with Gasteiger partial charge in [-0.05, 0) is 48.9 Å². The van der Waals surface area contributed by atoms with Crippen molar-refractivity contribution in [1.82, 2.24) is 35.9 Å². The molecule has 3 aromatic rings. The summed E-state index contributed by atoms with van der Waals surface area (Å²) in [5.74, 6) is -0.107. The summed E-state index contributed by atoms with van der Waals surface area (Å²) in [5.41, 5.74) is 3.62. The number of hydrogen-bond acceptors (Lipinski definition) is 4. The fourth-order valence-electron chi connectivity index (χ4n) is 6.32. The summed E-state index contributed by atoms with van der Waals surface area (Å²) < 4.78 is 0. The van der Waals surface area contributed by atoms with Crippen LogP contribution in [0.15, 0.2) is 73.0 Å². The van der Waals surface area contributed by atoms with E-state index in [9.17, 15) is 14.4 Å². The molecule has 0 radical (unpaired) electrons. The van der Waals surface area contributed by atoms with Gasteiger partial charge in [0.05, 0.1) is 17.8 Å². The van der Waals surface area contributed by atoms with Gasteiger partial charge in [0.25, 0.3) is 0 Å². The first-order chi connectivity index (χ1) is 20.4. The van der Waals surface area contributed by atoms with Crippen LogP contribution in [-0.4, -0.2) is 69.2 Å². The third-order valence-corrected chi connectivity index (χ3v) is 8.87. The molecule has 0 aliphatic carbocycles. The first-order valence-corrected chi connectivity index (χ1v) is 14.6. The number of allylic oxidation sites excluding steroid dienone is 2. The highest BCUT2D eigenvalue weighted by Crippen LogP contribution is 2.32. The Balaban J connectivity index is 1.21. The molecule has 4 N–H and O–H groups in total. The van der Waals surface area contributed by atoms with Crippen LogP contribution in [0.1, 0.15) is 48.9 Å². The second-order valence-electron chi connectivity index (χ2n) is 11.5. The van der Waals surface area contributed by atoms with Crippen molar-refractivity contribution in [3.8, 4) is 0 Å². The maximum absolute atomic E-state index is 14.1. The third kappa shape index (κ3) is 5.61. The second kappa shape index (κ2) is 11.7. The first-order valence-electron chi connectivity index (χ1n) is 14.6. The van der Waals surface area contributed by atoms with Crippen molar-refractivity contribution in [1.29, 1.82) is 0 Å². The van der Waals surface area contributed by atoms with Gasteiger partial charge < -0.3 is 25.8 Å². The number of urea groups is 2. The molecule has 1 fully saturated rings. The number of amides is 5. The molecule has 10 nitrogen and oxygen atoms in total. The lowest BCUT2D eigenvalue weighted by atomic mass is 9.84. The van der Waals surface area contributed by atoms with Crippen molar-refractivity contribution in [3.63, 3.8) is 0 Å². The van der Waals surface area contributed by atoms with E-state index >= 15 is 0 Å². The minimum absolute atomic E-state index is 0.107. The molecule has 0 saturated carbocycles. The average molecular weight is 568 g/mol. The van der Waals surface area contributed by atoms with Gasteiger partial charge in [0.2, 0.25) is 5.91 Å². The Hall–Kier alpha value is -4.60. The van der Waals surface area contributed by atoms with E-state index in [1.54, 1.807) is 4.90 Å². The molecule has 5 amide bonds. The van der Waals surface area contributed by atoms with E-state index in [1.165, 1.54) is 0 Å². The van der Waals surface area contributed by atoms with Crippen LogP contribution in [0, 0.1) is 0 Å². The predicted octanol–water partition coefficient (Wildman–Crippen LogP) is 3.94. The lowest BCUT2D eigenvalue weighted by molar-refractivity contribution is -0.135. The van der Waals surface area contributed by atoms with E-state index in [0.29, 0.717) is 51.9 Å². The summed E-state index contributed by atoms with van der Waals surface area (Å²) in [5, 5.41) is 17.4. The van der Waals surface area contributed by atoms with Crippen LogP contribution < -0.4 is 16.0 Å². The van der Waals surface area contributed by atoms with Gasteiger partial charge in [-0.1, -0.05) is 60.7 Å². The fourth-order valence-corrected chi connectivity index (χ4v) is 6.32. The highest BCUT2D eigenvalue weighted by atomic mass is 16.2. The number of rotatable bonds is 3. The molecule has 218 valence electrons. The number of fused-ring (bicyclic) bond motifs is 3. The summed E-state index contributed by atoms with van der Waals surface area (Å²) in [7, 11) is 0. The molecule has 0 bridgehead atoms.